The number of fused-ring (bicyclic) bond motifs is 1. The first-order valence-electron chi connectivity index (χ1n) is 7.36. The molecule has 4 aromatic rings. The Bertz CT molecular complexity index is 946. The van der Waals surface area contributed by atoms with E-state index in [-0.39, 0.29) is 0 Å². The number of aromatic amines is 1. The zero-order chi connectivity index (χ0) is 16.4. The molecule has 1 N–H and O–H groups in total. The lowest BCUT2D eigenvalue weighted by Gasteiger charge is -1.99. The van der Waals surface area contributed by atoms with Gasteiger partial charge in [0.05, 0.1) is 23.9 Å². The number of nitrogens with one attached hydrogen (secondary N) is 1. The first-order chi connectivity index (χ1) is 11.8. The molecule has 0 aliphatic rings. The number of ether oxygens (including phenoxy) is 1. The summed E-state index contributed by atoms with van der Waals surface area (Å²) in [5.74, 6) is 2.43. The first kappa shape index (κ1) is 14.8. The molecule has 120 valence electrons. The topological polar surface area (TPSA) is 76.8 Å². The molecule has 0 aliphatic heterocycles. The summed E-state index contributed by atoms with van der Waals surface area (Å²) in [6.45, 7) is 0. The fourth-order valence-electron chi connectivity index (χ4n) is 2.32. The summed E-state index contributed by atoms with van der Waals surface area (Å²) < 4.78 is 10.5. The van der Waals surface area contributed by atoms with Crippen molar-refractivity contribution in [3.8, 4) is 17.2 Å². The molecule has 6 nitrogen and oxygen atoms in total. The van der Waals surface area contributed by atoms with E-state index in [0.717, 1.165) is 27.5 Å². The van der Waals surface area contributed by atoms with Gasteiger partial charge < -0.3 is 14.2 Å². The van der Waals surface area contributed by atoms with E-state index in [4.69, 9.17) is 9.26 Å². The van der Waals surface area contributed by atoms with Crippen LogP contribution in [0.25, 0.3) is 22.5 Å². The van der Waals surface area contributed by atoms with Gasteiger partial charge in [0.25, 0.3) is 5.89 Å². The molecule has 2 aromatic heterocycles. The number of nitrogens with zero attached hydrogens (tertiary/aromatic N) is 3. The smallest absolute Gasteiger partial charge is 0.258 e. The number of aromatic nitrogens is 4. The largest absolute Gasteiger partial charge is 0.497 e. The van der Waals surface area contributed by atoms with E-state index < -0.39 is 0 Å². The van der Waals surface area contributed by atoms with Gasteiger partial charge in [0, 0.05) is 5.56 Å². The number of thioether (sulfide) groups is 1. The van der Waals surface area contributed by atoms with Crippen molar-refractivity contribution in [1.82, 2.24) is 20.1 Å². The van der Waals surface area contributed by atoms with Crippen molar-refractivity contribution in [2.75, 3.05) is 7.11 Å². The number of para-hydroxylation sites is 2. The van der Waals surface area contributed by atoms with Crippen LogP contribution in [0.4, 0.5) is 0 Å². The third-order valence-corrected chi connectivity index (χ3v) is 4.36. The molecule has 0 saturated heterocycles. The van der Waals surface area contributed by atoms with E-state index in [1.165, 1.54) is 11.8 Å². The molecule has 0 fully saturated rings. The third kappa shape index (κ3) is 2.98. The zero-order valence-electron chi connectivity index (χ0n) is 12.9. The van der Waals surface area contributed by atoms with Gasteiger partial charge in [0.15, 0.2) is 11.0 Å². The highest BCUT2D eigenvalue weighted by Crippen LogP contribution is 2.25. The summed E-state index contributed by atoms with van der Waals surface area (Å²) in [6, 6.07) is 15.5. The Hall–Kier alpha value is -2.80. The van der Waals surface area contributed by atoms with Crippen LogP contribution in [0.2, 0.25) is 0 Å². The molecule has 0 saturated carbocycles. The summed E-state index contributed by atoms with van der Waals surface area (Å²) in [5.41, 5.74) is 2.80. The molecule has 2 heterocycles. The van der Waals surface area contributed by atoms with Crippen molar-refractivity contribution in [2.24, 2.45) is 0 Å². The molecule has 0 atom stereocenters. The van der Waals surface area contributed by atoms with Gasteiger partial charge in [-0.1, -0.05) is 35.1 Å². The first-order valence-corrected chi connectivity index (χ1v) is 8.35. The van der Waals surface area contributed by atoms with Crippen molar-refractivity contribution >= 4 is 22.8 Å². The maximum atomic E-state index is 5.34. The van der Waals surface area contributed by atoms with Crippen LogP contribution in [0.3, 0.4) is 0 Å². The fraction of sp³-hybridized carbons (Fsp3) is 0.118. The molecular weight excluding hydrogens is 324 g/mol. The number of benzene rings is 2. The number of methoxy groups -OCH3 is 1. The molecule has 0 bridgehead atoms. The van der Waals surface area contributed by atoms with Crippen molar-refractivity contribution in [1.29, 1.82) is 0 Å². The second kappa shape index (κ2) is 6.37. The highest BCUT2D eigenvalue weighted by Gasteiger charge is 2.11. The van der Waals surface area contributed by atoms with Gasteiger partial charge in [-0.25, -0.2) is 4.98 Å². The Morgan fingerprint density at radius 1 is 1.12 bits per heavy atom. The van der Waals surface area contributed by atoms with Crippen molar-refractivity contribution in [3.63, 3.8) is 0 Å². The maximum absolute atomic E-state index is 5.34. The van der Waals surface area contributed by atoms with E-state index in [9.17, 15) is 0 Å². The Balaban J connectivity index is 1.48. The van der Waals surface area contributed by atoms with Crippen molar-refractivity contribution in [3.05, 3.63) is 54.4 Å². The average Bonchev–Trinajstić information content (AvgIpc) is 3.26. The monoisotopic (exact) mass is 338 g/mol. The number of hydrogen-bond acceptors (Lipinski definition) is 6. The van der Waals surface area contributed by atoms with Crippen LogP contribution in [0.15, 0.2) is 58.2 Å². The van der Waals surface area contributed by atoms with Crippen LogP contribution in [0, 0.1) is 0 Å². The fourth-order valence-corrected chi connectivity index (χ4v) is 3.04. The van der Waals surface area contributed by atoms with Crippen LogP contribution >= 0.6 is 11.8 Å². The summed E-state index contributed by atoms with van der Waals surface area (Å²) in [5, 5.41) is 4.86. The Morgan fingerprint density at radius 3 is 2.92 bits per heavy atom. The van der Waals surface area contributed by atoms with Gasteiger partial charge in [-0.3, -0.25) is 0 Å². The van der Waals surface area contributed by atoms with Crippen LogP contribution in [-0.2, 0) is 5.75 Å². The summed E-state index contributed by atoms with van der Waals surface area (Å²) in [4.78, 5) is 12.2. The molecule has 0 unspecified atom stereocenters. The SMILES string of the molecule is COc1cccc(-c2nc(CSc3nc4ccccc4[nH]3)no2)c1. The van der Waals surface area contributed by atoms with Crippen LogP contribution in [-0.4, -0.2) is 27.2 Å². The van der Waals surface area contributed by atoms with Crippen LogP contribution in [0.1, 0.15) is 5.82 Å². The quantitative estimate of drug-likeness (QED) is 0.556. The summed E-state index contributed by atoms with van der Waals surface area (Å²) >= 11 is 1.54. The van der Waals surface area contributed by atoms with E-state index >= 15 is 0 Å². The van der Waals surface area contributed by atoms with E-state index in [1.54, 1.807) is 7.11 Å². The lowest BCUT2D eigenvalue weighted by atomic mass is 10.2. The standard InChI is InChI=1S/C17H14N4O2S/c1-22-12-6-4-5-11(9-12)16-20-15(21-23-16)10-24-17-18-13-7-2-3-8-14(13)19-17/h2-9H,10H2,1H3,(H,18,19). The summed E-state index contributed by atoms with van der Waals surface area (Å²) in [6.07, 6.45) is 0. The molecule has 0 spiro atoms. The number of H-pyrrole nitrogens is 1. The lowest BCUT2D eigenvalue weighted by Crippen LogP contribution is -1.86. The molecule has 7 heteroatoms. The van der Waals surface area contributed by atoms with Gasteiger partial charge in [-0.05, 0) is 30.3 Å². The van der Waals surface area contributed by atoms with E-state index in [1.807, 2.05) is 48.5 Å². The predicted molar refractivity (Wildman–Crippen MR) is 91.9 cm³/mol. The molecule has 0 amide bonds. The molecule has 4 rings (SSSR count). The second-order valence-electron chi connectivity index (χ2n) is 5.10. The lowest BCUT2D eigenvalue weighted by molar-refractivity contribution is 0.412. The minimum absolute atomic E-state index is 0.481. The van der Waals surface area contributed by atoms with Crippen LogP contribution in [0.5, 0.6) is 5.75 Å². The minimum atomic E-state index is 0.481. The summed E-state index contributed by atoms with van der Waals surface area (Å²) in [7, 11) is 1.63. The van der Waals surface area contributed by atoms with E-state index in [2.05, 4.69) is 20.1 Å². The Morgan fingerprint density at radius 2 is 2.04 bits per heavy atom. The molecule has 0 radical (unpaired) electrons. The highest BCUT2D eigenvalue weighted by atomic mass is 32.2. The van der Waals surface area contributed by atoms with Gasteiger partial charge in [-0.2, -0.15) is 4.98 Å². The predicted octanol–water partition coefficient (Wildman–Crippen LogP) is 3.91. The molecular formula is C17H14N4O2S. The van der Waals surface area contributed by atoms with Gasteiger partial charge in [0.1, 0.15) is 5.75 Å². The zero-order valence-corrected chi connectivity index (χ0v) is 13.7. The third-order valence-electron chi connectivity index (χ3n) is 3.49. The number of hydrogen-bond donors (Lipinski definition) is 1. The number of imidazole rings is 1. The maximum Gasteiger partial charge on any atom is 0.258 e. The second-order valence-corrected chi connectivity index (χ2v) is 6.06. The van der Waals surface area contributed by atoms with Crippen LogP contribution < -0.4 is 4.74 Å². The van der Waals surface area contributed by atoms with Gasteiger partial charge in [0.2, 0.25) is 0 Å². The normalized spacial score (nSPS) is 11.0. The molecule has 24 heavy (non-hydrogen) atoms. The minimum Gasteiger partial charge on any atom is -0.497 e. The van der Waals surface area contributed by atoms with Crippen molar-refractivity contribution in [2.45, 2.75) is 10.9 Å². The molecule has 2 aromatic carbocycles. The Kier molecular flexibility index (Phi) is 3.92. The molecule has 0 aliphatic carbocycles. The Labute approximate surface area is 142 Å². The van der Waals surface area contributed by atoms with Gasteiger partial charge >= 0.3 is 0 Å². The van der Waals surface area contributed by atoms with Crippen molar-refractivity contribution < 1.29 is 9.26 Å². The number of rotatable bonds is 5. The highest BCUT2D eigenvalue weighted by molar-refractivity contribution is 7.98. The average molecular weight is 338 g/mol. The van der Waals surface area contributed by atoms with E-state index in [0.29, 0.717) is 17.5 Å². The van der Waals surface area contributed by atoms with Gasteiger partial charge in [-0.15, -0.1) is 0 Å².